The summed E-state index contributed by atoms with van der Waals surface area (Å²) in [5.41, 5.74) is 0.503. The molecular weight excluding hydrogens is 240 g/mol. The van der Waals surface area contributed by atoms with Gasteiger partial charge in [0.2, 0.25) is 0 Å². The van der Waals surface area contributed by atoms with Crippen LogP contribution < -0.4 is 5.32 Å². The molecule has 0 bridgehead atoms. The first-order valence-electron chi connectivity index (χ1n) is 5.42. The van der Waals surface area contributed by atoms with E-state index in [4.69, 9.17) is 16.3 Å². The van der Waals surface area contributed by atoms with Gasteiger partial charge in [-0.1, -0.05) is 18.5 Å². The van der Waals surface area contributed by atoms with Crippen LogP contribution in [0.25, 0.3) is 0 Å². The van der Waals surface area contributed by atoms with Crippen LogP contribution in [0.3, 0.4) is 0 Å². The van der Waals surface area contributed by atoms with E-state index in [1.807, 2.05) is 6.92 Å². The maximum Gasteiger partial charge on any atom is 0.256 e. The van der Waals surface area contributed by atoms with E-state index in [-0.39, 0.29) is 5.91 Å². The zero-order valence-corrected chi connectivity index (χ0v) is 11.3. The maximum atomic E-state index is 12.0. The Kier molecular flexibility index (Phi) is 4.48. The van der Waals surface area contributed by atoms with E-state index in [2.05, 4.69) is 10.3 Å². The third-order valence-corrected chi connectivity index (χ3v) is 3.12. The second kappa shape index (κ2) is 5.47. The number of hydrogen-bond donors (Lipinski definition) is 1. The van der Waals surface area contributed by atoms with Gasteiger partial charge in [-0.2, -0.15) is 0 Å². The standard InChI is InChI=1S/C12H17ClN2O2/c1-5-12(3,17-4)11(16)15-9-6-7-10(13)14-8(9)2/h6-7H,5H2,1-4H3,(H,15,16). The summed E-state index contributed by atoms with van der Waals surface area (Å²) in [5.74, 6) is -0.185. The SMILES string of the molecule is CCC(C)(OC)C(=O)Nc1ccc(Cl)nc1C. The van der Waals surface area contributed by atoms with Crippen molar-refractivity contribution in [2.75, 3.05) is 12.4 Å². The van der Waals surface area contributed by atoms with E-state index < -0.39 is 5.60 Å². The maximum absolute atomic E-state index is 12.0. The fraction of sp³-hybridized carbons (Fsp3) is 0.500. The molecule has 0 saturated carbocycles. The molecule has 1 heterocycles. The number of aryl methyl sites for hydroxylation is 1. The van der Waals surface area contributed by atoms with Crippen LogP contribution in [0.2, 0.25) is 5.15 Å². The molecule has 0 fully saturated rings. The number of anilines is 1. The Labute approximate surface area is 106 Å². The van der Waals surface area contributed by atoms with E-state index in [1.54, 1.807) is 26.0 Å². The van der Waals surface area contributed by atoms with Gasteiger partial charge < -0.3 is 10.1 Å². The summed E-state index contributed by atoms with van der Waals surface area (Å²) in [6.07, 6.45) is 0.593. The Balaban J connectivity index is 2.88. The molecule has 5 heteroatoms. The lowest BCUT2D eigenvalue weighted by Gasteiger charge is -2.25. The van der Waals surface area contributed by atoms with Gasteiger partial charge in [-0.3, -0.25) is 4.79 Å². The lowest BCUT2D eigenvalue weighted by atomic mass is 10.0. The number of carbonyl (C=O) groups excluding carboxylic acids is 1. The highest BCUT2D eigenvalue weighted by Crippen LogP contribution is 2.20. The molecule has 94 valence electrons. The van der Waals surface area contributed by atoms with Gasteiger partial charge in [0.1, 0.15) is 10.8 Å². The second-order valence-corrected chi connectivity index (χ2v) is 4.40. The van der Waals surface area contributed by atoms with E-state index in [1.165, 1.54) is 7.11 Å². The van der Waals surface area contributed by atoms with Crippen molar-refractivity contribution in [2.45, 2.75) is 32.8 Å². The van der Waals surface area contributed by atoms with Gasteiger partial charge in [-0.05, 0) is 32.4 Å². The number of carbonyl (C=O) groups is 1. The minimum absolute atomic E-state index is 0.185. The lowest BCUT2D eigenvalue weighted by Crippen LogP contribution is -2.41. The highest BCUT2D eigenvalue weighted by atomic mass is 35.5. The Hall–Kier alpha value is -1.13. The number of halogens is 1. The minimum Gasteiger partial charge on any atom is -0.369 e. The summed E-state index contributed by atoms with van der Waals surface area (Å²) in [6, 6.07) is 3.37. The van der Waals surface area contributed by atoms with Gasteiger partial charge in [-0.15, -0.1) is 0 Å². The van der Waals surface area contributed by atoms with E-state index in [0.717, 1.165) is 0 Å². The highest BCUT2D eigenvalue weighted by Gasteiger charge is 2.31. The average Bonchev–Trinajstić information content (AvgIpc) is 2.31. The van der Waals surface area contributed by atoms with Gasteiger partial charge >= 0.3 is 0 Å². The number of hydrogen-bond acceptors (Lipinski definition) is 3. The first-order chi connectivity index (χ1) is 7.92. The minimum atomic E-state index is -0.827. The van der Waals surface area contributed by atoms with Crippen molar-refractivity contribution in [3.05, 3.63) is 23.0 Å². The monoisotopic (exact) mass is 256 g/mol. The molecule has 0 aliphatic rings. The fourth-order valence-electron chi connectivity index (χ4n) is 1.31. The van der Waals surface area contributed by atoms with Crippen LogP contribution in [0.4, 0.5) is 5.69 Å². The summed E-state index contributed by atoms with van der Waals surface area (Å²) in [4.78, 5) is 16.1. The van der Waals surface area contributed by atoms with Crippen molar-refractivity contribution in [1.82, 2.24) is 4.98 Å². The Morgan fingerprint density at radius 2 is 2.24 bits per heavy atom. The molecule has 1 N–H and O–H groups in total. The normalized spacial score (nSPS) is 14.2. The van der Waals surface area contributed by atoms with Crippen molar-refractivity contribution in [1.29, 1.82) is 0 Å². The second-order valence-electron chi connectivity index (χ2n) is 4.01. The van der Waals surface area contributed by atoms with Crippen LogP contribution in [0.15, 0.2) is 12.1 Å². The zero-order valence-electron chi connectivity index (χ0n) is 10.5. The zero-order chi connectivity index (χ0) is 13.1. The molecule has 17 heavy (non-hydrogen) atoms. The molecule has 1 aromatic rings. The first kappa shape index (κ1) is 13.9. The molecule has 1 amide bonds. The van der Waals surface area contributed by atoms with Gasteiger partial charge in [-0.25, -0.2) is 4.98 Å². The van der Waals surface area contributed by atoms with Crippen molar-refractivity contribution in [2.24, 2.45) is 0 Å². The molecule has 0 aromatic carbocycles. The molecule has 0 aliphatic carbocycles. The Bertz CT molecular complexity index is 417. The van der Waals surface area contributed by atoms with E-state index in [9.17, 15) is 4.79 Å². The Morgan fingerprint density at radius 1 is 1.59 bits per heavy atom. The predicted molar refractivity (Wildman–Crippen MR) is 68.3 cm³/mol. The van der Waals surface area contributed by atoms with Crippen LogP contribution in [0, 0.1) is 6.92 Å². The van der Waals surface area contributed by atoms with Crippen molar-refractivity contribution in [3.8, 4) is 0 Å². The average molecular weight is 257 g/mol. The fourth-order valence-corrected chi connectivity index (χ4v) is 1.50. The lowest BCUT2D eigenvalue weighted by molar-refractivity contribution is -0.136. The number of methoxy groups -OCH3 is 1. The predicted octanol–water partition coefficient (Wildman–Crippen LogP) is 2.80. The molecule has 1 atom stereocenters. The molecule has 1 rings (SSSR count). The summed E-state index contributed by atoms with van der Waals surface area (Å²) in [5, 5.41) is 3.20. The summed E-state index contributed by atoms with van der Waals surface area (Å²) >= 11 is 5.75. The number of nitrogens with zero attached hydrogens (tertiary/aromatic N) is 1. The molecule has 4 nitrogen and oxygen atoms in total. The highest BCUT2D eigenvalue weighted by molar-refractivity contribution is 6.29. The van der Waals surface area contributed by atoms with Crippen LogP contribution in [-0.4, -0.2) is 23.6 Å². The largest absolute Gasteiger partial charge is 0.369 e. The van der Waals surface area contributed by atoms with Crippen LogP contribution in [-0.2, 0) is 9.53 Å². The van der Waals surface area contributed by atoms with Crippen LogP contribution >= 0.6 is 11.6 Å². The van der Waals surface area contributed by atoms with Crippen molar-refractivity contribution in [3.63, 3.8) is 0 Å². The van der Waals surface area contributed by atoms with Gasteiger partial charge in [0, 0.05) is 7.11 Å². The number of rotatable bonds is 4. The summed E-state index contributed by atoms with van der Waals surface area (Å²) in [7, 11) is 1.52. The first-order valence-corrected chi connectivity index (χ1v) is 5.80. The Morgan fingerprint density at radius 3 is 2.71 bits per heavy atom. The number of pyridine rings is 1. The van der Waals surface area contributed by atoms with E-state index >= 15 is 0 Å². The third-order valence-electron chi connectivity index (χ3n) is 2.91. The number of ether oxygens (including phenoxy) is 1. The summed E-state index contributed by atoms with van der Waals surface area (Å²) < 4.78 is 5.23. The molecule has 1 aromatic heterocycles. The number of amides is 1. The number of aromatic nitrogens is 1. The van der Waals surface area contributed by atoms with Crippen LogP contribution in [0.1, 0.15) is 26.0 Å². The number of nitrogens with one attached hydrogen (secondary N) is 1. The van der Waals surface area contributed by atoms with Gasteiger partial charge in [0.15, 0.2) is 0 Å². The molecule has 1 unspecified atom stereocenters. The van der Waals surface area contributed by atoms with Crippen molar-refractivity contribution < 1.29 is 9.53 Å². The topological polar surface area (TPSA) is 51.2 Å². The van der Waals surface area contributed by atoms with Gasteiger partial charge in [0.05, 0.1) is 11.4 Å². The molecule has 0 radical (unpaired) electrons. The van der Waals surface area contributed by atoms with E-state index in [0.29, 0.717) is 23.0 Å². The molecule has 0 aliphatic heterocycles. The quantitative estimate of drug-likeness (QED) is 0.843. The molecule has 0 spiro atoms. The van der Waals surface area contributed by atoms with Crippen LogP contribution in [0.5, 0.6) is 0 Å². The smallest absolute Gasteiger partial charge is 0.256 e. The third kappa shape index (κ3) is 3.17. The van der Waals surface area contributed by atoms with Gasteiger partial charge in [0.25, 0.3) is 5.91 Å². The van der Waals surface area contributed by atoms with Crippen molar-refractivity contribution >= 4 is 23.2 Å². The summed E-state index contributed by atoms with van der Waals surface area (Å²) in [6.45, 7) is 5.44. The molecular formula is C12H17ClN2O2. The molecule has 0 saturated heterocycles.